The van der Waals surface area contributed by atoms with Crippen molar-refractivity contribution in [2.45, 2.75) is 13.1 Å². The van der Waals surface area contributed by atoms with Gasteiger partial charge in [-0.25, -0.2) is 9.50 Å². The van der Waals surface area contributed by atoms with Crippen LogP contribution in [0.15, 0.2) is 85.1 Å². The highest BCUT2D eigenvalue weighted by molar-refractivity contribution is 6.07. The molecule has 158 valence electrons. The molecule has 3 aromatic carbocycles. The van der Waals surface area contributed by atoms with Crippen LogP contribution in [0.1, 0.15) is 11.1 Å². The Morgan fingerprint density at radius 1 is 0.788 bits per heavy atom. The molecular weight excluding hydrogens is 408 g/mol. The molecule has 0 unspecified atom stereocenters. The topological polar surface area (TPSA) is 74.0 Å². The second-order valence-electron chi connectivity index (χ2n) is 8.47. The maximum atomic E-state index is 5.77. The molecule has 7 rings (SSSR count). The second kappa shape index (κ2) is 6.85. The lowest BCUT2D eigenvalue weighted by molar-refractivity contribution is 0.696. The maximum absolute atomic E-state index is 5.77. The standard InChI is InChI=1S/C27H20N6/c28-14-17-6-8-19(9-7-17)24-13-22(26-25-27(29-25)31-33(24)26)20-10-11-21-16-32(30-23(21)12-20)15-18-4-2-1-3-5-18/h1-13,16H,14-15,28H2. The van der Waals surface area contributed by atoms with Crippen LogP contribution in [0.5, 0.6) is 0 Å². The van der Waals surface area contributed by atoms with E-state index in [1.165, 1.54) is 5.56 Å². The normalized spacial score (nSPS) is 12.0. The molecule has 0 aliphatic carbocycles. The van der Waals surface area contributed by atoms with Crippen LogP contribution < -0.4 is 5.73 Å². The summed E-state index contributed by atoms with van der Waals surface area (Å²) < 4.78 is 4.02. The lowest BCUT2D eigenvalue weighted by Crippen LogP contribution is -1.99. The average Bonchev–Trinajstić information content (AvgIpc) is 3.17. The van der Waals surface area contributed by atoms with Crippen molar-refractivity contribution in [2.24, 2.45) is 5.73 Å². The molecule has 0 saturated carbocycles. The minimum absolute atomic E-state index is 0.536. The SMILES string of the molecule is NCc1ccc(-c2cc(-c3ccc4cn(Cc5ccccc5)nc4c3)c3c4nc4nn23)cc1. The van der Waals surface area contributed by atoms with E-state index in [-0.39, 0.29) is 0 Å². The first-order chi connectivity index (χ1) is 16.3. The van der Waals surface area contributed by atoms with Gasteiger partial charge >= 0.3 is 0 Å². The first-order valence-electron chi connectivity index (χ1n) is 11.0. The summed E-state index contributed by atoms with van der Waals surface area (Å²) in [5.41, 5.74) is 16.4. The van der Waals surface area contributed by atoms with Gasteiger partial charge in [0.25, 0.3) is 0 Å². The summed E-state index contributed by atoms with van der Waals surface area (Å²) in [6.07, 6.45) is 2.10. The molecule has 0 radical (unpaired) electrons. The van der Waals surface area contributed by atoms with E-state index in [2.05, 4.69) is 89.1 Å². The van der Waals surface area contributed by atoms with Crippen molar-refractivity contribution in [1.29, 1.82) is 0 Å². The minimum Gasteiger partial charge on any atom is -0.326 e. The Morgan fingerprint density at radius 3 is 2.42 bits per heavy atom. The van der Waals surface area contributed by atoms with Crippen LogP contribution in [0.4, 0.5) is 0 Å². The first kappa shape index (κ1) is 18.3. The Bertz CT molecular complexity index is 1710. The zero-order valence-electron chi connectivity index (χ0n) is 17.8. The zero-order chi connectivity index (χ0) is 21.9. The number of nitrogens with two attached hydrogens (primary N) is 1. The van der Waals surface area contributed by atoms with E-state index in [0.717, 1.165) is 62.1 Å². The Hall–Kier alpha value is -4.29. The van der Waals surface area contributed by atoms with Crippen molar-refractivity contribution in [1.82, 2.24) is 24.4 Å². The Balaban J connectivity index is 1.32. The van der Waals surface area contributed by atoms with Crippen LogP contribution in [0.25, 0.3) is 50.0 Å². The van der Waals surface area contributed by atoms with Gasteiger partial charge in [-0.2, -0.15) is 5.10 Å². The Morgan fingerprint density at radius 2 is 1.61 bits per heavy atom. The van der Waals surface area contributed by atoms with E-state index in [1.54, 1.807) is 0 Å². The number of aromatic nitrogens is 5. The van der Waals surface area contributed by atoms with Gasteiger partial charge in [0.15, 0.2) is 0 Å². The fourth-order valence-electron chi connectivity index (χ4n) is 4.56. The van der Waals surface area contributed by atoms with Gasteiger partial charge in [0.1, 0.15) is 11.0 Å². The van der Waals surface area contributed by atoms with Gasteiger partial charge in [-0.1, -0.05) is 66.7 Å². The Kier molecular flexibility index (Phi) is 3.80. The van der Waals surface area contributed by atoms with Crippen molar-refractivity contribution in [3.05, 3.63) is 96.2 Å². The fourth-order valence-corrected chi connectivity index (χ4v) is 4.56. The van der Waals surface area contributed by atoms with Crippen molar-refractivity contribution >= 4 is 27.6 Å². The van der Waals surface area contributed by atoms with Crippen molar-refractivity contribution in [2.75, 3.05) is 0 Å². The molecule has 6 heteroatoms. The molecule has 0 fully saturated rings. The molecule has 0 amide bonds. The van der Waals surface area contributed by atoms with Crippen LogP contribution in [0.3, 0.4) is 0 Å². The molecule has 0 spiro atoms. The number of rotatable bonds is 5. The van der Waals surface area contributed by atoms with Gasteiger partial charge in [-0.15, -0.1) is 5.10 Å². The number of hydrogen-bond acceptors (Lipinski definition) is 4. The van der Waals surface area contributed by atoms with Gasteiger partial charge in [-0.05, 0) is 28.8 Å². The molecule has 0 bridgehead atoms. The summed E-state index contributed by atoms with van der Waals surface area (Å²) in [4.78, 5) is 4.45. The van der Waals surface area contributed by atoms with Crippen LogP contribution in [-0.2, 0) is 13.1 Å². The molecule has 0 aliphatic heterocycles. The minimum atomic E-state index is 0.536. The largest absolute Gasteiger partial charge is 0.326 e. The van der Waals surface area contributed by atoms with Gasteiger partial charge in [0.2, 0.25) is 5.65 Å². The van der Waals surface area contributed by atoms with Crippen molar-refractivity contribution in [3.63, 3.8) is 0 Å². The van der Waals surface area contributed by atoms with Gasteiger partial charge < -0.3 is 5.73 Å². The van der Waals surface area contributed by atoms with Crippen LogP contribution in [-0.4, -0.2) is 24.4 Å². The molecule has 6 nitrogen and oxygen atoms in total. The number of fused-ring (bicyclic) bond motifs is 4. The van der Waals surface area contributed by atoms with Gasteiger partial charge in [0.05, 0.1) is 17.8 Å². The molecule has 2 N–H and O–H groups in total. The van der Waals surface area contributed by atoms with Crippen LogP contribution >= 0.6 is 0 Å². The summed E-state index contributed by atoms with van der Waals surface area (Å²) in [7, 11) is 0. The molecule has 0 saturated heterocycles. The summed E-state index contributed by atoms with van der Waals surface area (Å²) in [5.74, 6) is 0. The highest BCUT2D eigenvalue weighted by Gasteiger charge is 2.24. The monoisotopic (exact) mass is 428 g/mol. The number of benzene rings is 3. The van der Waals surface area contributed by atoms with E-state index in [9.17, 15) is 0 Å². The average molecular weight is 428 g/mol. The summed E-state index contributed by atoms with van der Waals surface area (Å²) in [6.45, 7) is 1.29. The highest BCUT2D eigenvalue weighted by atomic mass is 15.3. The zero-order valence-corrected chi connectivity index (χ0v) is 17.8. The van der Waals surface area contributed by atoms with E-state index in [0.29, 0.717) is 6.54 Å². The van der Waals surface area contributed by atoms with Crippen molar-refractivity contribution in [3.8, 4) is 22.4 Å². The summed E-state index contributed by atoms with van der Waals surface area (Å²) in [5, 5.41) is 10.7. The van der Waals surface area contributed by atoms with Crippen LogP contribution in [0.2, 0.25) is 0 Å². The molecule has 7 aromatic rings. The predicted molar refractivity (Wildman–Crippen MR) is 130 cm³/mol. The van der Waals surface area contributed by atoms with E-state index < -0.39 is 0 Å². The second-order valence-corrected chi connectivity index (χ2v) is 8.47. The number of nitrogens with zero attached hydrogens (tertiary/aromatic N) is 5. The lowest BCUT2D eigenvalue weighted by Gasteiger charge is -2.01. The smallest absolute Gasteiger partial charge is 0.201 e. The lowest BCUT2D eigenvalue weighted by atomic mass is 10.0. The maximum Gasteiger partial charge on any atom is 0.201 e. The molecule has 4 aromatic heterocycles. The summed E-state index contributed by atoms with van der Waals surface area (Å²) in [6, 6.07) is 27.4. The molecule has 0 aliphatic rings. The predicted octanol–water partition coefficient (Wildman–Crippen LogP) is 4.95. The van der Waals surface area contributed by atoms with E-state index in [4.69, 9.17) is 10.8 Å². The number of hydrogen-bond donors (Lipinski definition) is 1. The third kappa shape index (κ3) is 2.96. The van der Waals surface area contributed by atoms with Gasteiger partial charge in [-0.3, -0.25) is 4.68 Å². The highest BCUT2D eigenvalue weighted by Crippen LogP contribution is 2.39. The summed E-state index contributed by atoms with van der Waals surface area (Å²) >= 11 is 0. The fraction of sp³-hybridized carbons (Fsp3) is 0.0741. The van der Waals surface area contributed by atoms with Gasteiger partial charge in [0, 0.05) is 29.3 Å². The third-order valence-corrected chi connectivity index (χ3v) is 6.31. The van der Waals surface area contributed by atoms with Crippen molar-refractivity contribution < 1.29 is 0 Å². The van der Waals surface area contributed by atoms with Crippen LogP contribution in [0, 0.1) is 0 Å². The molecular formula is C27H20N6. The van der Waals surface area contributed by atoms with E-state index in [1.807, 2.05) is 15.3 Å². The third-order valence-electron chi connectivity index (χ3n) is 6.31. The quantitative estimate of drug-likeness (QED) is 0.421. The van der Waals surface area contributed by atoms with E-state index >= 15 is 0 Å². The Labute approximate surface area is 189 Å². The molecule has 4 heterocycles. The molecule has 0 atom stereocenters. The molecule has 33 heavy (non-hydrogen) atoms. The first-order valence-corrected chi connectivity index (χ1v) is 11.0.